The predicted molar refractivity (Wildman–Crippen MR) is 61.2 cm³/mol. The SMILES string of the molecule is CC[O][Hf]([Cl])([C]1=CC=CC1)[C]1=CC=CC1. The van der Waals surface area contributed by atoms with Crippen molar-refractivity contribution in [2.45, 2.75) is 19.8 Å². The fourth-order valence-corrected chi connectivity index (χ4v) is 14.4. The van der Waals surface area contributed by atoms with Crippen molar-refractivity contribution in [3.63, 3.8) is 0 Å². The van der Waals surface area contributed by atoms with Gasteiger partial charge >= 0.3 is 100 Å². The van der Waals surface area contributed by atoms with Crippen molar-refractivity contribution in [3.05, 3.63) is 43.1 Å². The van der Waals surface area contributed by atoms with Gasteiger partial charge in [0.05, 0.1) is 0 Å². The molecular formula is C12H15ClHfO. The summed E-state index contributed by atoms with van der Waals surface area (Å²) in [5.41, 5.74) is 0. The molecule has 15 heavy (non-hydrogen) atoms. The van der Waals surface area contributed by atoms with Gasteiger partial charge in [-0.05, 0) is 0 Å². The zero-order valence-electron chi connectivity index (χ0n) is 8.87. The second-order valence-corrected chi connectivity index (χ2v) is 18.0. The molecule has 0 N–H and O–H groups in total. The number of hydrogen-bond donors (Lipinski definition) is 0. The molecule has 0 aromatic rings. The molecule has 0 aromatic carbocycles. The molecule has 0 heterocycles. The van der Waals surface area contributed by atoms with Crippen molar-refractivity contribution in [1.82, 2.24) is 0 Å². The summed E-state index contributed by atoms with van der Waals surface area (Å²) >= 11 is -3.27. The standard InChI is InChI=1S/2C5H5.C2H5O.ClH.Hf/c2*1-2-4-5-3-1;1-2-3;;/h2*1-3H,4H2;2H2,1H3;1H;/q;;-1;;+2/p-1. The summed E-state index contributed by atoms with van der Waals surface area (Å²) in [5.74, 6) is 0. The van der Waals surface area contributed by atoms with Crippen LogP contribution in [-0.4, -0.2) is 6.61 Å². The Labute approximate surface area is 99.7 Å². The molecule has 0 spiro atoms. The van der Waals surface area contributed by atoms with Gasteiger partial charge in [0.25, 0.3) is 0 Å². The van der Waals surface area contributed by atoms with Crippen LogP contribution in [0.2, 0.25) is 0 Å². The Morgan fingerprint density at radius 3 is 2.07 bits per heavy atom. The van der Waals surface area contributed by atoms with E-state index in [2.05, 4.69) is 36.5 Å². The Hall–Kier alpha value is 0.0801. The minimum atomic E-state index is -3.27. The molecule has 0 radical (unpaired) electrons. The van der Waals surface area contributed by atoms with E-state index >= 15 is 0 Å². The topological polar surface area (TPSA) is 9.23 Å². The number of hydrogen-bond acceptors (Lipinski definition) is 1. The summed E-state index contributed by atoms with van der Waals surface area (Å²) in [6, 6.07) is 0. The van der Waals surface area contributed by atoms with E-state index in [1.54, 1.807) is 0 Å². The van der Waals surface area contributed by atoms with Gasteiger partial charge in [-0.2, -0.15) is 0 Å². The molecule has 3 heteroatoms. The fraction of sp³-hybridized carbons (Fsp3) is 0.333. The van der Waals surface area contributed by atoms with Gasteiger partial charge in [-0.15, -0.1) is 0 Å². The molecule has 0 aliphatic heterocycles. The average Bonchev–Trinajstić information content (AvgIpc) is 2.92. The van der Waals surface area contributed by atoms with Gasteiger partial charge in [0, 0.05) is 0 Å². The molecule has 2 rings (SSSR count). The Kier molecular flexibility index (Phi) is 3.81. The molecule has 1 nitrogen and oxygen atoms in total. The molecular weight excluding hydrogens is 374 g/mol. The normalized spacial score (nSPS) is 19.6. The van der Waals surface area contributed by atoms with E-state index in [1.165, 1.54) is 6.66 Å². The summed E-state index contributed by atoms with van der Waals surface area (Å²) in [5, 5.41) is 0. The first-order valence-corrected chi connectivity index (χ1v) is 14.8. The van der Waals surface area contributed by atoms with Crippen molar-refractivity contribution in [2.24, 2.45) is 0 Å². The number of rotatable bonds is 4. The zero-order chi connectivity index (χ0) is 10.7. The van der Waals surface area contributed by atoms with Gasteiger partial charge < -0.3 is 0 Å². The van der Waals surface area contributed by atoms with Crippen LogP contribution < -0.4 is 0 Å². The van der Waals surface area contributed by atoms with E-state index in [9.17, 15) is 0 Å². The van der Waals surface area contributed by atoms with Crippen LogP contribution in [0.5, 0.6) is 0 Å². The molecule has 0 amide bonds. The molecule has 0 saturated carbocycles. The molecule has 0 aromatic heterocycles. The Morgan fingerprint density at radius 2 is 1.73 bits per heavy atom. The van der Waals surface area contributed by atoms with Gasteiger partial charge in [0.1, 0.15) is 0 Å². The van der Waals surface area contributed by atoms with Crippen LogP contribution in [0.15, 0.2) is 43.1 Å². The van der Waals surface area contributed by atoms with Crippen LogP contribution in [-0.2, 0) is 22.1 Å². The van der Waals surface area contributed by atoms with Crippen molar-refractivity contribution >= 4 is 8.58 Å². The van der Waals surface area contributed by atoms with E-state index < -0.39 is 19.2 Å². The third kappa shape index (κ3) is 2.27. The Morgan fingerprint density at radius 1 is 1.20 bits per heavy atom. The van der Waals surface area contributed by atoms with Gasteiger partial charge in [-0.3, -0.25) is 0 Å². The molecule has 0 unspecified atom stereocenters. The average molecular weight is 389 g/mol. The van der Waals surface area contributed by atoms with E-state index in [1.807, 2.05) is 6.92 Å². The number of halogens is 1. The van der Waals surface area contributed by atoms with Crippen molar-refractivity contribution < 1.29 is 22.1 Å². The summed E-state index contributed by atoms with van der Waals surface area (Å²) in [6.45, 7) is 2.75. The summed E-state index contributed by atoms with van der Waals surface area (Å²) in [6.07, 6.45) is 14.8. The first kappa shape index (κ1) is 11.6. The van der Waals surface area contributed by atoms with E-state index in [0.717, 1.165) is 19.4 Å². The van der Waals surface area contributed by atoms with Crippen LogP contribution in [0.4, 0.5) is 0 Å². The van der Waals surface area contributed by atoms with Gasteiger partial charge in [0.2, 0.25) is 0 Å². The second-order valence-electron chi connectivity index (χ2n) is 3.68. The maximum atomic E-state index is 6.84. The van der Waals surface area contributed by atoms with Crippen LogP contribution in [0, 0.1) is 0 Å². The first-order valence-electron chi connectivity index (χ1n) is 5.32. The van der Waals surface area contributed by atoms with Crippen molar-refractivity contribution in [3.8, 4) is 0 Å². The van der Waals surface area contributed by atoms with Crippen LogP contribution in [0.25, 0.3) is 0 Å². The monoisotopic (exact) mass is 390 g/mol. The van der Waals surface area contributed by atoms with E-state index in [4.69, 9.17) is 11.4 Å². The molecule has 0 saturated heterocycles. The molecule has 0 atom stereocenters. The predicted octanol–water partition coefficient (Wildman–Crippen LogP) is 3.93. The van der Waals surface area contributed by atoms with E-state index in [-0.39, 0.29) is 0 Å². The van der Waals surface area contributed by atoms with Crippen LogP contribution >= 0.6 is 8.58 Å². The van der Waals surface area contributed by atoms with Gasteiger partial charge in [0.15, 0.2) is 0 Å². The van der Waals surface area contributed by atoms with Crippen LogP contribution in [0.1, 0.15) is 19.8 Å². The first-order chi connectivity index (χ1) is 7.27. The molecule has 2 aliphatic rings. The Balaban J connectivity index is 2.23. The second kappa shape index (κ2) is 4.94. The molecule has 80 valence electrons. The summed E-state index contributed by atoms with van der Waals surface area (Å²) in [4.78, 5) is 0. The summed E-state index contributed by atoms with van der Waals surface area (Å²) in [7, 11) is 6.84. The summed E-state index contributed by atoms with van der Waals surface area (Å²) < 4.78 is 8.69. The van der Waals surface area contributed by atoms with Gasteiger partial charge in [-0.25, -0.2) is 0 Å². The third-order valence-electron chi connectivity index (χ3n) is 2.71. The zero-order valence-corrected chi connectivity index (χ0v) is 13.2. The van der Waals surface area contributed by atoms with Crippen LogP contribution in [0.3, 0.4) is 0 Å². The molecule has 2 aliphatic carbocycles. The fourth-order valence-electron chi connectivity index (χ4n) is 1.96. The van der Waals surface area contributed by atoms with Crippen molar-refractivity contribution in [1.29, 1.82) is 0 Å². The van der Waals surface area contributed by atoms with Gasteiger partial charge in [-0.1, -0.05) is 0 Å². The minimum absolute atomic E-state index is 0.722. The Bertz CT molecular complexity index is 336. The number of allylic oxidation sites excluding steroid dienone is 8. The van der Waals surface area contributed by atoms with E-state index in [0.29, 0.717) is 0 Å². The molecule has 0 fully saturated rings. The maximum absolute atomic E-state index is 6.84. The third-order valence-corrected chi connectivity index (χ3v) is 18.6. The van der Waals surface area contributed by atoms with Crippen molar-refractivity contribution in [2.75, 3.05) is 6.61 Å². The molecule has 0 bridgehead atoms. The quantitative estimate of drug-likeness (QED) is 0.663.